The summed E-state index contributed by atoms with van der Waals surface area (Å²) < 4.78 is 5.23. The number of halogens is 3. The van der Waals surface area contributed by atoms with Gasteiger partial charge in [0, 0.05) is 32.2 Å². The molecule has 0 saturated carbocycles. The van der Waals surface area contributed by atoms with Gasteiger partial charge in [-0.25, -0.2) is 10.0 Å². The lowest BCUT2D eigenvalue weighted by Gasteiger charge is -2.27. The van der Waals surface area contributed by atoms with Crippen LogP contribution >= 0.6 is 36.4 Å². The van der Waals surface area contributed by atoms with Crippen molar-refractivity contribution in [2.45, 2.75) is 25.9 Å². The molecule has 1 saturated heterocycles. The Morgan fingerprint density at radius 3 is 2.50 bits per heavy atom. The van der Waals surface area contributed by atoms with E-state index in [-0.39, 0.29) is 36.8 Å². The molecule has 0 aliphatic carbocycles. The van der Waals surface area contributed by atoms with Crippen LogP contribution in [0.25, 0.3) is 0 Å². The average molecular weight is 400 g/mol. The van der Waals surface area contributed by atoms with E-state index in [1.807, 2.05) is 7.05 Å². The molecule has 0 bridgehead atoms. The van der Waals surface area contributed by atoms with Crippen LogP contribution in [0.15, 0.2) is 12.1 Å². The number of likely N-dealkylation sites (N-methyl/N-ethyl adjacent to an activating group) is 1. The van der Waals surface area contributed by atoms with Gasteiger partial charge in [-0.05, 0) is 19.9 Å². The number of nitrogens with zero attached hydrogens (tertiary/aromatic N) is 2. The summed E-state index contributed by atoms with van der Waals surface area (Å²) in [5.41, 5.74) is 6.53. The molecule has 1 aromatic carbocycles. The number of nitrogens with one attached hydrogen (secondary N) is 1. The second kappa shape index (κ2) is 9.53. The monoisotopic (exact) mass is 398 g/mol. The number of benzene rings is 1. The number of hydrogen-bond acceptors (Lipinski definition) is 5. The predicted octanol–water partition coefficient (Wildman–Crippen LogP) is 2.44. The number of carbonyl (C=O) groups is 1. The summed E-state index contributed by atoms with van der Waals surface area (Å²) in [6.45, 7) is 5.81. The highest BCUT2D eigenvalue weighted by Gasteiger charge is 2.30. The van der Waals surface area contributed by atoms with E-state index in [0.29, 0.717) is 28.1 Å². The Labute approximate surface area is 160 Å². The Hall–Kier alpha value is -0.920. The number of nitrogen functional groups attached to an aromatic ring is 1. The van der Waals surface area contributed by atoms with Crippen LogP contribution in [-0.2, 0) is 0 Å². The van der Waals surface area contributed by atoms with E-state index in [9.17, 15) is 4.79 Å². The Morgan fingerprint density at radius 1 is 1.38 bits per heavy atom. The fraction of sp³-hybridized carbons (Fsp3) is 0.533. The summed E-state index contributed by atoms with van der Waals surface area (Å²) in [5.74, 6) is 0.217. The highest BCUT2D eigenvalue weighted by atomic mass is 35.5. The normalized spacial score (nSPS) is 18.0. The molecule has 1 heterocycles. The first-order valence-corrected chi connectivity index (χ1v) is 7.62. The third-order valence-electron chi connectivity index (χ3n) is 3.83. The molecule has 0 radical (unpaired) electrons. The van der Waals surface area contributed by atoms with Gasteiger partial charge in [0.15, 0.2) is 0 Å². The van der Waals surface area contributed by atoms with E-state index in [4.69, 9.17) is 22.1 Å². The molecule has 1 unspecified atom stereocenters. The number of ether oxygens (including phenoxy) is 1. The Bertz CT molecular complexity index is 572. The molecule has 138 valence electrons. The maximum atomic E-state index is 12.5. The maximum absolute atomic E-state index is 12.5. The zero-order chi connectivity index (χ0) is 16.4. The first kappa shape index (κ1) is 23.1. The van der Waals surface area contributed by atoms with Gasteiger partial charge < -0.3 is 15.8 Å². The van der Waals surface area contributed by atoms with Gasteiger partial charge in [0.2, 0.25) is 0 Å². The fourth-order valence-electron chi connectivity index (χ4n) is 2.72. The Morgan fingerprint density at radius 2 is 2.00 bits per heavy atom. The molecule has 2 rings (SSSR count). The van der Waals surface area contributed by atoms with Crippen LogP contribution < -0.4 is 15.8 Å². The van der Waals surface area contributed by atoms with Gasteiger partial charge in [-0.3, -0.25) is 4.79 Å². The van der Waals surface area contributed by atoms with Crippen LogP contribution in [0.5, 0.6) is 5.75 Å². The summed E-state index contributed by atoms with van der Waals surface area (Å²) in [6, 6.07) is 3.57. The Balaban J connectivity index is 0.00000264. The van der Waals surface area contributed by atoms with Crippen molar-refractivity contribution in [2.75, 3.05) is 33.0 Å². The number of anilines is 1. The van der Waals surface area contributed by atoms with Crippen molar-refractivity contribution < 1.29 is 9.53 Å². The van der Waals surface area contributed by atoms with Gasteiger partial charge >= 0.3 is 0 Å². The summed E-state index contributed by atoms with van der Waals surface area (Å²) in [5, 5.41) is 7.72. The lowest BCUT2D eigenvalue weighted by molar-refractivity contribution is 0.0242. The summed E-state index contributed by atoms with van der Waals surface area (Å²) in [4.78, 5) is 12.5. The highest BCUT2D eigenvalue weighted by Crippen LogP contribution is 2.29. The second-order valence-electron chi connectivity index (χ2n) is 5.80. The average Bonchev–Trinajstić information content (AvgIpc) is 2.82. The number of hydrazine groups is 1. The number of methoxy groups -OCH3 is 1. The van der Waals surface area contributed by atoms with Crippen LogP contribution in [0.3, 0.4) is 0 Å². The minimum absolute atomic E-state index is 0. The molecule has 9 heteroatoms. The van der Waals surface area contributed by atoms with E-state index in [2.05, 4.69) is 29.2 Å². The third kappa shape index (κ3) is 5.04. The number of nitrogens with two attached hydrogens (primary N) is 1. The Kier molecular flexibility index (Phi) is 9.17. The van der Waals surface area contributed by atoms with Crippen molar-refractivity contribution in [1.29, 1.82) is 0 Å². The summed E-state index contributed by atoms with van der Waals surface area (Å²) in [7, 11) is 3.52. The number of rotatable bonds is 4. The molecule has 3 N–H and O–H groups in total. The SMILES string of the molecule is COc1cc(N)c(Cl)cc1C(=O)NC1CN(C)N(C(C)C)C1.Cl.Cl. The van der Waals surface area contributed by atoms with Gasteiger partial charge in [-0.1, -0.05) is 11.6 Å². The van der Waals surface area contributed by atoms with Crippen LogP contribution in [0.2, 0.25) is 5.02 Å². The van der Waals surface area contributed by atoms with E-state index in [1.165, 1.54) is 7.11 Å². The number of amides is 1. The van der Waals surface area contributed by atoms with Gasteiger partial charge in [0.1, 0.15) is 5.75 Å². The molecule has 1 aromatic rings. The van der Waals surface area contributed by atoms with Crippen molar-refractivity contribution in [1.82, 2.24) is 15.3 Å². The highest BCUT2D eigenvalue weighted by molar-refractivity contribution is 6.33. The van der Waals surface area contributed by atoms with E-state index in [1.54, 1.807) is 12.1 Å². The van der Waals surface area contributed by atoms with Crippen LogP contribution in [0, 0.1) is 0 Å². The molecule has 1 atom stereocenters. The lowest BCUT2D eigenvalue weighted by atomic mass is 10.1. The van der Waals surface area contributed by atoms with Crippen LogP contribution in [0.1, 0.15) is 24.2 Å². The zero-order valence-electron chi connectivity index (χ0n) is 14.2. The van der Waals surface area contributed by atoms with Crippen molar-refractivity contribution in [2.24, 2.45) is 0 Å². The molecule has 1 aliphatic rings. The maximum Gasteiger partial charge on any atom is 0.255 e. The van der Waals surface area contributed by atoms with Gasteiger partial charge in [0.25, 0.3) is 5.91 Å². The quantitative estimate of drug-likeness (QED) is 0.761. The fourth-order valence-corrected chi connectivity index (χ4v) is 2.89. The predicted molar refractivity (Wildman–Crippen MR) is 103 cm³/mol. The molecular weight excluding hydrogens is 375 g/mol. The standard InChI is InChI=1S/C15H23ClN4O2.2ClH/c1-9(2)20-8-10(7-19(20)3)18-15(21)11-5-12(16)13(17)6-14(11)22-4;;/h5-6,9-10H,7-8,17H2,1-4H3,(H,18,21);2*1H. The molecule has 1 amide bonds. The topological polar surface area (TPSA) is 70.8 Å². The summed E-state index contributed by atoms with van der Waals surface area (Å²) in [6.07, 6.45) is 0. The van der Waals surface area contributed by atoms with Crippen molar-refractivity contribution in [3.8, 4) is 5.75 Å². The van der Waals surface area contributed by atoms with Gasteiger partial charge in [-0.2, -0.15) is 0 Å². The van der Waals surface area contributed by atoms with Crippen LogP contribution in [-0.4, -0.2) is 55.3 Å². The molecular formula is C15H25Cl3N4O2. The van der Waals surface area contributed by atoms with Crippen molar-refractivity contribution in [3.05, 3.63) is 22.7 Å². The third-order valence-corrected chi connectivity index (χ3v) is 4.15. The molecule has 0 aromatic heterocycles. The van der Waals surface area contributed by atoms with Gasteiger partial charge in [0.05, 0.1) is 29.4 Å². The van der Waals surface area contributed by atoms with E-state index in [0.717, 1.165) is 13.1 Å². The second-order valence-corrected chi connectivity index (χ2v) is 6.21. The van der Waals surface area contributed by atoms with E-state index < -0.39 is 0 Å². The number of carbonyl (C=O) groups excluding carboxylic acids is 1. The molecule has 1 fully saturated rings. The molecule has 0 spiro atoms. The minimum atomic E-state index is -0.206. The van der Waals surface area contributed by atoms with E-state index >= 15 is 0 Å². The van der Waals surface area contributed by atoms with Crippen molar-refractivity contribution >= 4 is 48.0 Å². The number of hydrogen-bond donors (Lipinski definition) is 2. The first-order valence-electron chi connectivity index (χ1n) is 7.25. The first-order chi connectivity index (χ1) is 10.3. The van der Waals surface area contributed by atoms with Crippen LogP contribution in [0.4, 0.5) is 5.69 Å². The molecule has 1 aliphatic heterocycles. The molecule has 24 heavy (non-hydrogen) atoms. The van der Waals surface area contributed by atoms with Gasteiger partial charge in [-0.15, -0.1) is 24.8 Å². The minimum Gasteiger partial charge on any atom is -0.496 e. The summed E-state index contributed by atoms with van der Waals surface area (Å²) >= 11 is 6.01. The lowest BCUT2D eigenvalue weighted by Crippen LogP contribution is -2.40. The smallest absolute Gasteiger partial charge is 0.255 e. The molecule has 6 nitrogen and oxygen atoms in total. The van der Waals surface area contributed by atoms with Crippen molar-refractivity contribution in [3.63, 3.8) is 0 Å². The largest absolute Gasteiger partial charge is 0.496 e. The zero-order valence-corrected chi connectivity index (χ0v) is 16.6.